The van der Waals surface area contributed by atoms with Gasteiger partial charge in [0, 0.05) is 7.27 Å². The fourth-order valence-electron chi connectivity index (χ4n) is 2.93. The molecule has 1 aromatic rings. The second-order valence-corrected chi connectivity index (χ2v) is 11.5. The zero-order chi connectivity index (χ0) is 15.5. The van der Waals surface area contributed by atoms with Gasteiger partial charge in [-0.25, -0.2) is 0 Å². The quantitative estimate of drug-likeness (QED) is 0.528. The van der Waals surface area contributed by atoms with E-state index < -0.39 is 7.27 Å². The predicted octanol–water partition coefficient (Wildman–Crippen LogP) is 5.83. The van der Waals surface area contributed by atoms with E-state index in [1.165, 1.54) is 22.0 Å². The molecule has 1 aromatic carbocycles. The van der Waals surface area contributed by atoms with Crippen molar-refractivity contribution in [3.05, 3.63) is 28.8 Å². The van der Waals surface area contributed by atoms with Gasteiger partial charge in [-0.2, -0.15) is 0 Å². The van der Waals surface area contributed by atoms with E-state index in [2.05, 4.69) is 67.5 Å². The first-order chi connectivity index (χ1) is 8.84. The van der Waals surface area contributed by atoms with E-state index >= 15 is 0 Å². The maximum atomic E-state index is 6.77. The summed E-state index contributed by atoms with van der Waals surface area (Å²) in [6, 6.07) is 4.84. The Morgan fingerprint density at radius 2 is 1.55 bits per heavy atom. The summed E-state index contributed by atoms with van der Waals surface area (Å²) in [5.74, 6) is 0. The van der Waals surface area contributed by atoms with E-state index in [0.29, 0.717) is 0 Å². The number of halogens is 1. The Balaban J connectivity index is 2.79. The molecule has 0 radical (unpaired) electrons. The first kappa shape index (κ1) is 16.3. The predicted molar refractivity (Wildman–Crippen MR) is 94.1 cm³/mol. The lowest BCUT2D eigenvalue weighted by atomic mass is 9.75. The van der Waals surface area contributed by atoms with Crippen LogP contribution in [0.2, 0.25) is 0 Å². The van der Waals surface area contributed by atoms with Gasteiger partial charge in [-0.1, -0.05) is 78.8 Å². The minimum Gasteiger partial charge on any atom is -0.0911 e. The van der Waals surface area contributed by atoms with Crippen LogP contribution in [0.25, 0.3) is 0 Å². The lowest BCUT2D eigenvalue weighted by molar-refractivity contribution is 0.561. The third-order valence-corrected chi connectivity index (χ3v) is 7.19. The van der Waals surface area contributed by atoms with E-state index in [9.17, 15) is 0 Å². The maximum Gasteiger partial charge on any atom is 0.0227 e. The van der Waals surface area contributed by atoms with Crippen LogP contribution in [0.4, 0.5) is 0 Å². The highest BCUT2D eigenvalue weighted by Crippen LogP contribution is 2.56. The average molecular weight is 311 g/mol. The van der Waals surface area contributed by atoms with Crippen LogP contribution < -0.4 is 5.30 Å². The van der Waals surface area contributed by atoms with Crippen molar-refractivity contribution < 1.29 is 0 Å². The van der Waals surface area contributed by atoms with Crippen LogP contribution in [0.1, 0.15) is 72.1 Å². The molecular formula is C18H28ClP. The molecule has 0 spiro atoms. The van der Waals surface area contributed by atoms with Crippen LogP contribution in [-0.4, -0.2) is 6.16 Å². The monoisotopic (exact) mass is 310 g/mol. The summed E-state index contributed by atoms with van der Waals surface area (Å²) < 4.78 is 0. The fourth-order valence-corrected chi connectivity index (χ4v) is 6.68. The number of fused-ring (bicyclic) bond motifs is 1. The zero-order valence-electron chi connectivity index (χ0n) is 14.2. The molecule has 112 valence electrons. The number of hydrogen-bond acceptors (Lipinski definition) is 0. The van der Waals surface area contributed by atoms with Gasteiger partial charge >= 0.3 is 0 Å². The van der Waals surface area contributed by atoms with Gasteiger partial charge in [0.15, 0.2) is 0 Å². The molecule has 0 amide bonds. The van der Waals surface area contributed by atoms with Crippen molar-refractivity contribution in [1.29, 1.82) is 0 Å². The summed E-state index contributed by atoms with van der Waals surface area (Å²) in [5, 5.41) is 1.46. The van der Waals surface area contributed by atoms with Crippen molar-refractivity contribution in [2.75, 3.05) is 6.16 Å². The molecule has 1 atom stereocenters. The highest BCUT2D eigenvalue weighted by Gasteiger charge is 2.40. The van der Waals surface area contributed by atoms with Gasteiger partial charge in [0.2, 0.25) is 0 Å². The van der Waals surface area contributed by atoms with Crippen LogP contribution in [0.3, 0.4) is 0 Å². The summed E-state index contributed by atoms with van der Waals surface area (Å²) in [6.07, 6.45) is 1.11. The van der Waals surface area contributed by atoms with Crippen LogP contribution in [0, 0.1) is 0 Å². The molecule has 20 heavy (non-hydrogen) atoms. The van der Waals surface area contributed by atoms with Crippen molar-refractivity contribution >= 4 is 23.8 Å². The summed E-state index contributed by atoms with van der Waals surface area (Å²) in [7, 11) is -0.530. The molecule has 2 rings (SSSR count). The minimum absolute atomic E-state index is 0.154. The molecule has 0 nitrogen and oxygen atoms in total. The Morgan fingerprint density at radius 3 is 2.00 bits per heavy atom. The maximum absolute atomic E-state index is 6.77. The summed E-state index contributed by atoms with van der Waals surface area (Å²) in [6.45, 7) is 18.5. The Morgan fingerprint density at radius 1 is 1.00 bits per heavy atom. The average Bonchev–Trinajstić information content (AvgIpc) is 2.46. The van der Waals surface area contributed by atoms with Crippen molar-refractivity contribution in [3.8, 4) is 0 Å². The van der Waals surface area contributed by atoms with Crippen LogP contribution in [0.5, 0.6) is 0 Å². The van der Waals surface area contributed by atoms with E-state index in [-0.39, 0.29) is 16.2 Å². The first-order valence-corrected chi connectivity index (χ1v) is 9.90. The molecule has 0 bridgehead atoms. The Kier molecular flexibility index (Phi) is 3.85. The molecule has 0 saturated heterocycles. The van der Waals surface area contributed by atoms with E-state index in [4.69, 9.17) is 11.2 Å². The van der Waals surface area contributed by atoms with Gasteiger partial charge < -0.3 is 0 Å². The number of rotatable bonds is 0. The Hall–Kier alpha value is -0.0600. The summed E-state index contributed by atoms with van der Waals surface area (Å²) in [4.78, 5) is 0. The van der Waals surface area contributed by atoms with Crippen LogP contribution in [-0.2, 0) is 16.2 Å². The smallest absolute Gasteiger partial charge is 0.0227 e. The first-order valence-electron chi connectivity index (χ1n) is 7.47. The van der Waals surface area contributed by atoms with Crippen LogP contribution >= 0.6 is 18.5 Å². The molecule has 1 aliphatic heterocycles. The molecule has 1 unspecified atom stereocenters. The SMILES string of the molecule is CC(C)(C)c1cc(C(C)(C)C)c2c(c1)C(C)(C)CP2Cl. The third kappa shape index (κ3) is 2.79. The highest BCUT2D eigenvalue weighted by molar-refractivity contribution is 7.90. The van der Waals surface area contributed by atoms with Gasteiger partial charge in [-0.15, -0.1) is 0 Å². The lowest BCUT2D eigenvalue weighted by Crippen LogP contribution is -2.27. The Labute approximate surface area is 130 Å². The van der Waals surface area contributed by atoms with Gasteiger partial charge in [-0.3, -0.25) is 0 Å². The second kappa shape index (κ2) is 4.72. The molecule has 2 heteroatoms. The number of hydrogen-bond donors (Lipinski definition) is 0. The Bertz CT molecular complexity index is 530. The van der Waals surface area contributed by atoms with E-state index in [1.54, 1.807) is 0 Å². The largest absolute Gasteiger partial charge is 0.0911 e. The summed E-state index contributed by atoms with van der Waals surface area (Å²) >= 11 is 6.77. The summed E-state index contributed by atoms with van der Waals surface area (Å²) in [5.41, 5.74) is 4.95. The van der Waals surface area contributed by atoms with E-state index in [1.807, 2.05) is 0 Å². The van der Waals surface area contributed by atoms with Crippen molar-refractivity contribution in [3.63, 3.8) is 0 Å². The van der Waals surface area contributed by atoms with Crippen molar-refractivity contribution in [2.45, 2.75) is 71.6 Å². The molecule has 0 aromatic heterocycles. The molecular weight excluding hydrogens is 283 g/mol. The van der Waals surface area contributed by atoms with E-state index in [0.717, 1.165) is 6.16 Å². The van der Waals surface area contributed by atoms with Gasteiger partial charge in [-0.05, 0) is 44.4 Å². The van der Waals surface area contributed by atoms with Gasteiger partial charge in [0.05, 0.1) is 0 Å². The molecule has 0 saturated carbocycles. The molecule has 0 aliphatic carbocycles. The lowest BCUT2D eigenvalue weighted by Gasteiger charge is -2.30. The fraction of sp³-hybridized carbons (Fsp3) is 0.667. The standard InChI is InChI=1S/C18H28ClP/c1-16(2,3)12-9-13(17(4,5)6)15-14(10-12)18(7,8)11-20(15)19/h9-10H,11H2,1-8H3. The van der Waals surface area contributed by atoms with Crippen LogP contribution in [0.15, 0.2) is 12.1 Å². The topological polar surface area (TPSA) is 0 Å². The molecule has 1 heterocycles. The molecule has 0 N–H and O–H groups in total. The molecule has 1 aliphatic rings. The molecule has 0 fully saturated rings. The normalized spacial score (nSPS) is 21.9. The number of benzene rings is 1. The van der Waals surface area contributed by atoms with Gasteiger partial charge in [0.25, 0.3) is 0 Å². The minimum atomic E-state index is -0.530. The third-order valence-electron chi connectivity index (χ3n) is 4.29. The highest BCUT2D eigenvalue weighted by atomic mass is 35.7. The zero-order valence-corrected chi connectivity index (χ0v) is 15.8. The second-order valence-electron chi connectivity index (χ2n) is 8.82. The van der Waals surface area contributed by atoms with Gasteiger partial charge in [0.1, 0.15) is 0 Å². The van der Waals surface area contributed by atoms with Crippen molar-refractivity contribution in [1.82, 2.24) is 0 Å². The van der Waals surface area contributed by atoms with Crippen molar-refractivity contribution in [2.24, 2.45) is 0 Å².